The Bertz CT molecular complexity index is 890. The molecule has 3 rings (SSSR count). The highest BCUT2D eigenvalue weighted by atomic mass is 35.5. The molecule has 0 bridgehead atoms. The largest absolute Gasteiger partial charge is 0.261 e. The third-order valence-corrected chi connectivity index (χ3v) is 3.50. The van der Waals surface area contributed by atoms with Gasteiger partial charge in [-0.15, -0.1) is 0 Å². The molecule has 23 heavy (non-hydrogen) atoms. The second-order valence-electron chi connectivity index (χ2n) is 4.53. The van der Waals surface area contributed by atoms with E-state index in [0.717, 1.165) is 0 Å². The van der Waals surface area contributed by atoms with Gasteiger partial charge in [0.05, 0.1) is 5.57 Å². The van der Waals surface area contributed by atoms with E-state index in [1.54, 1.807) is 35.3 Å². The van der Waals surface area contributed by atoms with Crippen molar-refractivity contribution in [3.05, 3.63) is 58.1 Å². The van der Waals surface area contributed by atoms with Gasteiger partial charge >= 0.3 is 0 Å². The maximum atomic E-state index is 9.34. The highest BCUT2D eigenvalue weighted by molar-refractivity contribution is 6.35. The summed E-state index contributed by atoms with van der Waals surface area (Å²) in [5, 5.41) is 21.1. The lowest BCUT2D eigenvalue weighted by Gasteiger charge is -1.99. The average molecular weight is 346 g/mol. The van der Waals surface area contributed by atoms with E-state index in [-0.39, 0.29) is 11.4 Å². The van der Waals surface area contributed by atoms with Crippen molar-refractivity contribution in [3.63, 3.8) is 0 Å². The SMILES string of the molecule is N#C/C(=C\c1ccc(Cl)cc1Cl)c1n[nH]c(Cn2cncn2)n1. The molecule has 0 fully saturated rings. The van der Waals surface area contributed by atoms with Crippen molar-refractivity contribution < 1.29 is 0 Å². The number of H-pyrrole nitrogens is 1. The van der Waals surface area contributed by atoms with Crippen LogP contribution in [0, 0.1) is 11.3 Å². The number of allylic oxidation sites excluding steroid dienone is 1. The fourth-order valence-electron chi connectivity index (χ4n) is 1.88. The molecule has 0 aliphatic carbocycles. The Kier molecular flexibility index (Phi) is 4.37. The first-order valence-electron chi connectivity index (χ1n) is 6.46. The predicted octanol–water partition coefficient (Wildman–Crippen LogP) is 2.82. The number of aromatic amines is 1. The van der Waals surface area contributed by atoms with Crippen molar-refractivity contribution in [2.45, 2.75) is 6.54 Å². The number of nitrogens with zero attached hydrogens (tertiary/aromatic N) is 6. The first-order chi connectivity index (χ1) is 11.2. The van der Waals surface area contributed by atoms with Gasteiger partial charge in [-0.1, -0.05) is 29.3 Å². The lowest BCUT2D eigenvalue weighted by molar-refractivity contribution is 0.655. The Hall–Kier alpha value is -2.69. The van der Waals surface area contributed by atoms with Crippen LogP contribution in [-0.2, 0) is 6.54 Å². The van der Waals surface area contributed by atoms with Gasteiger partial charge in [-0.25, -0.2) is 14.6 Å². The number of hydrogen-bond acceptors (Lipinski definition) is 5. The molecule has 9 heteroatoms. The molecule has 0 unspecified atom stereocenters. The second-order valence-corrected chi connectivity index (χ2v) is 5.38. The summed E-state index contributed by atoms with van der Waals surface area (Å²) in [6.07, 6.45) is 4.61. The van der Waals surface area contributed by atoms with E-state index in [9.17, 15) is 5.26 Å². The molecule has 0 saturated carbocycles. The van der Waals surface area contributed by atoms with Gasteiger partial charge < -0.3 is 0 Å². The topological polar surface area (TPSA) is 96.1 Å². The van der Waals surface area contributed by atoms with Crippen LogP contribution in [-0.4, -0.2) is 29.9 Å². The number of aromatic nitrogens is 6. The Morgan fingerprint density at radius 3 is 2.96 bits per heavy atom. The minimum Gasteiger partial charge on any atom is -0.261 e. The zero-order valence-electron chi connectivity index (χ0n) is 11.6. The number of rotatable bonds is 4. The molecular weight excluding hydrogens is 337 g/mol. The fraction of sp³-hybridized carbons (Fsp3) is 0.0714. The summed E-state index contributed by atoms with van der Waals surface area (Å²) in [6.45, 7) is 0.382. The van der Waals surface area contributed by atoms with Crippen molar-refractivity contribution in [1.82, 2.24) is 29.9 Å². The van der Waals surface area contributed by atoms with Crippen molar-refractivity contribution >= 4 is 34.9 Å². The zero-order valence-corrected chi connectivity index (χ0v) is 13.1. The Morgan fingerprint density at radius 2 is 2.26 bits per heavy atom. The van der Waals surface area contributed by atoms with E-state index in [2.05, 4.69) is 31.3 Å². The number of nitriles is 1. The van der Waals surface area contributed by atoms with Gasteiger partial charge in [-0.2, -0.15) is 15.5 Å². The molecular formula is C14H9Cl2N7. The molecule has 0 aliphatic rings. The molecule has 0 spiro atoms. The molecule has 2 aromatic heterocycles. The van der Waals surface area contributed by atoms with E-state index >= 15 is 0 Å². The quantitative estimate of drug-likeness (QED) is 0.733. The van der Waals surface area contributed by atoms with E-state index in [0.29, 0.717) is 28.0 Å². The van der Waals surface area contributed by atoms with Crippen LogP contribution in [0.2, 0.25) is 10.0 Å². The van der Waals surface area contributed by atoms with Crippen LogP contribution < -0.4 is 0 Å². The summed E-state index contributed by atoms with van der Waals surface area (Å²) in [6, 6.07) is 7.10. The Balaban J connectivity index is 1.88. The molecule has 7 nitrogen and oxygen atoms in total. The molecule has 0 atom stereocenters. The van der Waals surface area contributed by atoms with Gasteiger partial charge in [0.1, 0.15) is 31.1 Å². The van der Waals surface area contributed by atoms with Crippen molar-refractivity contribution in [2.75, 3.05) is 0 Å². The third kappa shape index (κ3) is 3.56. The third-order valence-electron chi connectivity index (χ3n) is 2.93. The van der Waals surface area contributed by atoms with Gasteiger partial charge in [-0.05, 0) is 23.8 Å². The average Bonchev–Trinajstić information content (AvgIpc) is 3.19. The van der Waals surface area contributed by atoms with Gasteiger partial charge in [-0.3, -0.25) is 5.10 Å². The van der Waals surface area contributed by atoms with Crippen LogP contribution in [0.15, 0.2) is 30.9 Å². The van der Waals surface area contributed by atoms with Gasteiger partial charge in [0.25, 0.3) is 0 Å². The van der Waals surface area contributed by atoms with Crippen molar-refractivity contribution in [3.8, 4) is 6.07 Å². The van der Waals surface area contributed by atoms with Crippen LogP contribution in [0.4, 0.5) is 0 Å². The standard InChI is InChI=1S/C14H9Cl2N7/c15-11-2-1-9(12(16)4-11)3-10(5-17)14-20-13(21-22-14)6-23-8-18-7-19-23/h1-4,7-8H,6H2,(H,20,21,22)/b10-3+. The number of nitrogens with one attached hydrogen (secondary N) is 1. The molecule has 1 N–H and O–H groups in total. The summed E-state index contributed by atoms with van der Waals surface area (Å²) in [4.78, 5) is 8.13. The molecule has 0 amide bonds. The highest BCUT2D eigenvalue weighted by Crippen LogP contribution is 2.24. The van der Waals surface area contributed by atoms with E-state index in [4.69, 9.17) is 23.2 Å². The first-order valence-corrected chi connectivity index (χ1v) is 7.22. The lowest BCUT2D eigenvalue weighted by Crippen LogP contribution is -2.01. The molecule has 114 valence electrons. The summed E-state index contributed by atoms with van der Waals surface area (Å²) in [5.41, 5.74) is 0.950. The number of benzene rings is 1. The minimum absolute atomic E-state index is 0.286. The molecule has 1 aromatic carbocycles. The second kappa shape index (κ2) is 6.60. The maximum Gasteiger partial charge on any atom is 0.191 e. The van der Waals surface area contributed by atoms with Crippen LogP contribution in [0.1, 0.15) is 17.2 Å². The summed E-state index contributed by atoms with van der Waals surface area (Å²) < 4.78 is 1.59. The summed E-state index contributed by atoms with van der Waals surface area (Å²) in [7, 11) is 0. The van der Waals surface area contributed by atoms with Crippen LogP contribution >= 0.6 is 23.2 Å². The molecule has 2 heterocycles. The summed E-state index contributed by atoms with van der Waals surface area (Å²) in [5.74, 6) is 0.850. The lowest BCUT2D eigenvalue weighted by atomic mass is 10.1. The highest BCUT2D eigenvalue weighted by Gasteiger charge is 2.10. The van der Waals surface area contributed by atoms with Gasteiger partial charge in [0.2, 0.25) is 0 Å². The van der Waals surface area contributed by atoms with Gasteiger partial charge in [0.15, 0.2) is 5.82 Å². The maximum absolute atomic E-state index is 9.34. The minimum atomic E-state index is 0.286. The van der Waals surface area contributed by atoms with Gasteiger partial charge in [0, 0.05) is 10.0 Å². The predicted molar refractivity (Wildman–Crippen MR) is 85.5 cm³/mol. The van der Waals surface area contributed by atoms with E-state index in [1.807, 2.05) is 0 Å². The normalized spacial score (nSPS) is 11.4. The van der Waals surface area contributed by atoms with Crippen LogP contribution in [0.25, 0.3) is 11.6 Å². The van der Waals surface area contributed by atoms with Crippen molar-refractivity contribution in [2.24, 2.45) is 0 Å². The monoisotopic (exact) mass is 345 g/mol. The Morgan fingerprint density at radius 1 is 1.39 bits per heavy atom. The van der Waals surface area contributed by atoms with Crippen LogP contribution in [0.5, 0.6) is 0 Å². The number of hydrogen-bond donors (Lipinski definition) is 1. The summed E-state index contributed by atoms with van der Waals surface area (Å²) >= 11 is 12.0. The van der Waals surface area contributed by atoms with E-state index in [1.165, 1.54) is 6.33 Å². The Labute approximate surface area is 141 Å². The molecule has 0 aliphatic heterocycles. The van der Waals surface area contributed by atoms with E-state index < -0.39 is 0 Å². The number of halogens is 2. The molecule has 3 aromatic rings. The van der Waals surface area contributed by atoms with Crippen molar-refractivity contribution in [1.29, 1.82) is 5.26 Å². The molecule has 0 radical (unpaired) electrons. The smallest absolute Gasteiger partial charge is 0.191 e. The molecule has 0 saturated heterocycles. The fourth-order valence-corrected chi connectivity index (χ4v) is 2.34. The zero-order chi connectivity index (χ0) is 16.2. The van der Waals surface area contributed by atoms with Crippen LogP contribution in [0.3, 0.4) is 0 Å². The first kappa shape index (κ1) is 15.2.